The number of alkyl halides is 1. The lowest BCUT2D eigenvalue weighted by Crippen LogP contribution is -2.52. The van der Waals surface area contributed by atoms with Crippen molar-refractivity contribution < 1.29 is 30.8 Å². The third-order valence-corrected chi connectivity index (χ3v) is 8.18. The zero-order valence-corrected chi connectivity index (χ0v) is 21.1. The predicted molar refractivity (Wildman–Crippen MR) is 127 cm³/mol. The highest BCUT2D eigenvalue weighted by molar-refractivity contribution is 7.90. The Hall–Kier alpha value is -3.76. The quantitative estimate of drug-likeness (QED) is 0.575. The summed E-state index contributed by atoms with van der Waals surface area (Å²) in [6, 6.07) is 8.63. The fourth-order valence-electron chi connectivity index (χ4n) is 4.43. The number of halogens is 1. The number of sulfonamides is 1. The van der Waals surface area contributed by atoms with Crippen molar-refractivity contribution in [3.8, 4) is 6.07 Å². The second-order valence-corrected chi connectivity index (χ2v) is 12.4. The fraction of sp³-hybridized carbons (Fsp3) is 0.261. The first kappa shape index (κ1) is 25.3. The van der Waals surface area contributed by atoms with Crippen molar-refractivity contribution in [3.05, 3.63) is 70.4 Å². The van der Waals surface area contributed by atoms with E-state index in [1.54, 1.807) is 0 Å². The number of likely N-dealkylation sites (N-methyl/N-ethyl adjacent to an activating group) is 1. The van der Waals surface area contributed by atoms with Crippen LogP contribution in [0.25, 0.3) is 0 Å². The molecule has 13 heteroatoms. The van der Waals surface area contributed by atoms with Crippen molar-refractivity contribution in [1.29, 1.82) is 5.26 Å². The minimum Gasteiger partial charge on any atom is -0.336 e. The Morgan fingerprint density at radius 1 is 1.08 bits per heavy atom. The van der Waals surface area contributed by atoms with Crippen LogP contribution in [0.4, 0.5) is 14.9 Å². The van der Waals surface area contributed by atoms with E-state index in [1.165, 1.54) is 48.3 Å². The van der Waals surface area contributed by atoms with Crippen molar-refractivity contribution in [2.24, 2.45) is 0 Å². The topological polar surface area (TPSA) is 136 Å². The van der Waals surface area contributed by atoms with Crippen molar-refractivity contribution >= 4 is 37.5 Å². The highest BCUT2D eigenvalue weighted by Gasteiger charge is 2.51. The molecular formula is C23H21FN4O6S2. The van der Waals surface area contributed by atoms with Crippen LogP contribution >= 0.6 is 0 Å². The van der Waals surface area contributed by atoms with Gasteiger partial charge in [0.2, 0.25) is 10.0 Å². The maximum atomic E-state index is 13.8. The highest BCUT2D eigenvalue weighted by Crippen LogP contribution is 2.45. The lowest BCUT2D eigenvalue weighted by Gasteiger charge is -2.40. The molecule has 4 rings (SSSR count). The molecule has 0 saturated carbocycles. The van der Waals surface area contributed by atoms with E-state index in [4.69, 9.17) is 0 Å². The van der Waals surface area contributed by atoms with Gasteiger partial charge in [-0.15, -0.1) is 0 Å². The molecule has 188 valence electrons. The van der Waals surface area contributed by atoms with Gasteiger partial charge in [0, 0.05) is 13.3 Å². The van der Waals surface area contributed by atoms with Crippen molar-refractivity contribution in [2.45, 2.75) is 17.6 Å². The lowest BCUT2D eigenvalue weighted by atomic mass is 9.94. The second kappa shape index (κ2) is 8.72. The number of nitrogens with zero attached hydrogens (tertiary/aromatic N) is 4. The summed E-state index contributed by atoms with van der Waals surface area (Å²) < 4.78 is 65.2. The Balaban J connectivity index is 2.09. The van der Waals surface area contributed by atoms with Crippen molar-refractivity contribution in [3.63, 3.8) is 0 Å². The van der Waals surface area contributed by atoms with Crippen molar-refractivity contribution in [2.75, 3.05) is 31.0 Å². The standard InChI is InChI=1S/C23H21FN4O6S2/c1-26-13-18-20(22(26)29)21(17-8-7-15(12-25)10-19(17)35(2,31)32)28(36(3,33)34)23(30)27(18)16-6-4-5-14(9-16)11-24/h4-10,21H,11,13H2,1-3H3/t21-/m1/s1. The summed E-state index contributed by atoms with van der Waals surface area (Å²) in [6.07, 6.45) is 1.65. The van der Waals surface area contributed by atoms with E-state index in [0.717, 1.165) is 23.5 Å². The monoisotopic (exact) mass is 532 g/mol. The molecule has 3 amide bonds. The third kappa shape index (κ3) is 4.12. The number of sulfone groups is 1. The van der Waals surface area contributed by atoms with E-state index in [0.29, 0.717) is 4.31 Å². The lowest BCUT2D eigenvalue weighted by molar-refractivity contribution is -0.124. The molecule has 1 atom stereocenters. The van der Waals surface area contributed by atoms with Gasteiger partial charge in [0.15, 0.2) is 9.84 Å². The van der Waals surface area contributed by atoms with Crippen LogP contribution in [0.2, 0.25) is 0 Å². The van der Waals surface area contributed by atoms with Crippen LogP contribution in [0.3, 0.4) is 0 Å². The summed E-state index contributed by atoms with van der Waals surface area (Å²) in [7, 11) is -6.95. The van der Waals surface area contributed by atoms with Crippen molar-refractivity contribution in [1.82, 2.24) is 9.21 Å². The number of anilines is 1. The molecule has 0 N–H and O–H groups in total. The maximum absolute atomic E-state index is 13.8. The van der Waals surface area contributed by atoms with Gasteiger partial charge >= 0.3 is 6.03 Å². The van der Waals surface area contributed by atoms with Gasteiger partial charge in [-0.1, -0.05) is 18.2 Å². The Kier molecular flexibility index (Phi) is 6.14. The molecule has 2 heterocycles. The van der Waals surface area contributed by atoms with E-state index in [9.17, 15) is 36.1 Å². The minimum absolute atomic E-state index is 0.000880. The normalized spacial score (nSPS) is 18.5. The first-order valence-corrected chi connectivity index (χ1v) is 14.2. The Bertz CT molecular complexity index is 1590. The van der Waals surface area contributed by atoms with Crippen LogP contribution < -0.4 is 4.90 Å². The number of carbonyl (C=O) groups is 2. The number of urea groups is 1. The first-order valence-electron chi connectivity index (χ1n) is 10.5. The van der Waals surface area contributed by atoms with Crippen LogP contribution in [-0.4, -0.2) is 64.1 Å². The van der Waals surface area contributed by atoms with Crippen LogP contribution in [0.5, 0.6) is 0 Å². The Labute approximate surface area is 207 Å². The summed E-state index contributed by atoms with van der Waals surface area (Å²) in [4.78, 5) is 29.1. The van der Waals surface area contributed by atoms with Gasteiger partial charge in [-0.2, -0.15) is 5.26 Å². The van der Waals surface area contributed by atoms with Crippen LogP contribution in [0.15, 0.2) is 58.6 Å². The molecule has 2 aromatic rings. The molecule has 0 saturated heterocycles. The smallest absolute Gasteiger partial charge is 0.336 e. The first-order chi connectivity index (χ1) is 16.8. The van der Waals surface area contributed by atoms with Gasteiger partial charge in [0.05, 0.1) is 46.3 Å². The number of amides is 3. The van der Waals surface area contributed by atoms with Gasteiger partial charge in [0.1, 0.15) is 12.7 Å². The molecule has 0 unspecified atom stereocenters. The molecule has 2 aliphatic heterocycles. The maximum Gasteiger partial charge on any atom is 0.343 e. The Morgan fingerprint density at radius 3 is 2.36 bits per heavy atom. The summed E-state index contributed by atoms with van der Waals surface area (Å²) in [6.45, 7) is -0.902. The number of hydrogen-bond acceptors (Lipinski definition) is 7. The predicted octanol–water partition coefficient (Wildman–Crippen LogP) is 2.10. The van der Waals surface area contributed by atoms with E-state index >= 15 is 0 Å². The number of nitriles is 1. The average molecular weight is 533 g/mol. The summed E-state index contributed by atoms with van der Waals surface area (Å²) >= 11 is 0. The molecule has 2 aromatic carbocycles. The molecule has 36 heavy (non-hydrogen) atoms. The van der Waals surface area contributed by atoms with E-state index < -0.39 is 44.5 Å². The molecule has 10 nitrogen and oxygen atoms in total. The molecule has 0 bridgehead atoms. The average Bonchev–Trinajstić information content (AvgIpc) is 3.10. The third-order valence-electron chi connectivity index (χ3n) is 5.95. The zero-order valence-electron chi connectivity index (χ0n) is 19.5. The number of benzene rings is 2. The van der Waals surface area contributed by atoms with Gasteiger partial charge < -0.3 is 4.90 Å². The second-order valence-electron chi connectivity index (χ2n) is 8.54. The fourth-order valence-corrected chi connectivity index (χ4v) is 6.35. The van der Waals surface area contributed by atoms with Gasteiger partial charge in [0.25, 0.3) is 5.91 Å². The number of rotatable bonds is 5. The van der Waals surface area contributed by atoms with Gasteiger partial charge in [-0.05, 0) is 35.4 Å². The van der Waals surface area contributed by atoms with Gasteiger partial charge in [-0.3, -0.25) is 9.69 Å². The minimum atomic E-state index is -4.38. The largest absolute Gasteiger partial charge is 0.343 e. The van der Waals surface area contributed by atoms with E-state index in [2.05, 4.69) is 0 Å². The summed E-state index contributed by atoms with van der Waals surface area (Å²) in [5, 5.41) is 9.27. The van der Waals surface area contributed by atoms with Crippen LogP contribution in [0, 0.1) is 11.3 Å². The highest BCUT2D eigenvalue weighted by atomic mass is 32.2. The summed E-state index contributed by atoms with van der Waals surface area (Å²) in [5.41, 5.74) is 0.296. The molecule has 0 spiro atoms. The van der Waals surface area contributed by atoms with Crippen LogP contribution in [-0.2, 0) is 31.3 Å². The van der Waals surface area contributed by atoms with Crippen LogP contribution in [0.1, 0.15) is 22.7 Å². The molecular weight excluding hydrogens is 511 g/mol. The molecule has 0 aromatic heterocycles. The molecule has 0 radical (unpaired) electrons. The molecule has 0 fully saturated rings. The number of hydrogen-bond donors (Lipinski definition) is 0. The van der Waals surface area contributed by atoms with E-state index in [-0.39, 0.29) is 45.1 Å². The zero-order chi connectivity index (χ0) is 26.6. The Morgan fingerprint density at radius 2 is 1.78 bits per heavy atom. The van der Waals surface area contributed by atoms with E-state index in [1.807, 2.05) is 6.07 Å². The SMILES string of the molecule is CN1CC2=C(C1=O)[C@@H](c1ccc(C#N)cc1S(C)(=O)=O)N(S(C)(=O)=O)C(=O)N2c1cccc(CF)c1. The summed E-state index contributed by atoms with van der Waals surface area (Å²) in [5.74, 6) is -0.605. The van der Waals surface area contributed by atoms with Gasteiger partial charge in [-0.25, -0.2) is 30.3 Å². The molecule has 0 aliphatic carbocycles. The molecule has 2 aliphatic rings. The number of carbonyl (C=O) groups excluding carboxylic acids is 2.